The second-order valence-electron chi connectivity index (χ2n) is 3.99. The lowest BCUT2D eigenvalue weighted by atomic mass is 10.3. The molecule has 0 saturated carbocycles. The predicted molar refractivity (Wildman–Crippen MR) is 82.1 cm³/mol. The number of benzene rings is 1. The van der Waals surface area contributed by atoms with E-state index in [1.165, 1.54) is 17.6 Å². The molecule has 0 saturated heterocycles. The summed E-state index contributed by atoms with van der Waals surface area (Å²) < 4.78 is 5.28. The summed E-state index contributed by atoms with van der Waals surface area (Å²) in [6, 6.07) is 5.35. The summed E-state index contributed by atoms with van der Waals surface area (Å²) in [5, 5.41) is 16.0. The van der Waals surface area contributed by atoms with Crippen LogP contribution in [0.3, 0.4) is 0 Å². The number of ether oxygens (including phenoxy) is 1. The van der Waals surface area contributed by atoms with Gasteiger partial charge in [-0.1, -0.05) is 11.6 Å². The summed E-state index contributed by atoms with van der Waals surface area (Å²) in [4.78, 5) is 5.52. The molecule has 20 heavy (non-hydrogen) atoms. The highest BCUT2D eigenvalue weighted by Gasteiger charge is 2.10. The van der Waals surface area contributed by atoms with E-state index < -0.39 is 0 Å². The summed E-state index contributed by atoms with van der Waals surface area (Å²) in [6.07, 6.45) is 1.90. The molecule has 0 spiro atoms. The number of rotatable bonds is 5. The quantitative estimate of drug-likeness (QED) is 0.500. The molecule has 0 bridgehead atoms. The van der Waals surface area contributed by atoms with Crippen LogP contribution in [0.15, 0.2) is 23.4 Å². The van der Waals surface area contributed by atoms with E-state index in [0.717, 1.165) is 21.4 Å². The smallest absolute Gasteiger partial charge is 0.187 e. The highest BCUT2D eigenvalue weighted by atomic mass is 35.5. The predicted octanol–water partition coefficient (Wildman–Crippen LogP) is 3.86. The van der Waals surface area contributed by atoms with Gasteiger partial charge in [-0.3, -0.25) is 0 Å². The minimum atomic E-state index is 0.493. The van der Waals surface area contributed by atoms with Crippen LogP contribution in [0.5, 0.6) is 5.75 Å². The summed E-state index contributed by atoms with van der Waals surface area (Å²) in [5.74, 6) is 0.695. The minimum Gasteiger partial charge on any atom is -0.495 e. The second-order valence-corrected chi connectivity index (χ2v) is 5.63. The van der Waals surface area contributed by atoms with E-state index in [2.05, 4.69) is 15.5 Å². The van der Waals surface area contributed by atoms with Gasteiger partial charge in [0.25, 0.3) is 0 Å². The molecular weight excluding hydrogens is 298 g/mol. The number of anilines is 2. The summed E-state index contributed by atoms with van der Waals surface area (Å²) in [7, 11) is 1.60. The molecule has 0 amide bonds. The molecule has 1 aromatic carbocycles. The Kier molecular flexibility index (Phi) is 4.81. The van der Waals surface area contributed by atoms with Gasteiger partial charge >= 0.3 is 0 Å². The fourth-order valence-corrected chi connectivity index (χ4v) is 2.72. The minimum absolute atomic E-state index is 0.493. The first-order valence-electron chi connectivity index (χ1n) is 5.86. The molecule has 0 aliphatic carbocycles. The number of thiazole rings is 1. The summed E-state index contributed by atoms with van der Waals surface area (Å²) in [6.45, 7) is 1.97. The third kappa shape index (κ3) is 3.40. The Morgan fingerprint density at radius 3 is 3.05 bits per heavy atom. The van der Waals surface area contributed by atoms with Crippen LogP contribution in [-0.2, 0) is 6.42 Å². The van der Waals surface area contributed by atoms with E-state index in [9.17, 15) is 0 Å². The number of aromatic nitrogens is 1. The Hall–Kier alpha value is -1.79. The third-order valence-electron chi connectivity index (χ3n) is 2.66. The number of nitrogens with one attached hydrogen (secondary N) is 1. The van der Waals surface area contributed by atoms with Gasteiger partial charge < -0.3 is 15.3 Å². The number of methoxy groups -OCH3 is 1. The van der Waals surface area contributed by atoms with Crippen molar-refractivity contribution in [3.63, 3.8) is 0 Å². The Bertz CT molecular complexity index is 628. The van der Waals surface area contributed by atoms with Crippen molar-refractivity contribution >= 4 is 40.0 Å². The van der Waals surface area contributed by atoms with E-state index in [0.29, 0.717) is 17.2 Å². The lowest BCUT2D eigenvalue weighted by molar-refractivity contribution is 0.320. The second kappa shape index (κ2) is 6.58. The van der Waals surface area contributed by atoms with Crippen LogP contribution in [0.1, 0.15) is 10.6 Å². The molecule has 2 aromatic rings. The van der Waals surface area contributed by atoms with Crippen LogP contribution in [-0.4, -0.2) is 23.5 Å². The maximum Gasteiger partial charge on any atom is 0.187 e. The third-order valence-corrected chi connectivity index (χ3v) is 3.83. The van der Waals surface area contributed by atoms with E-state index >= 15 is 0 Å². The Morgan fingerprint density at radius 2 is 2.35 bits per heavy atom. The molecule has 0 fully saturated rings. The first kappa shape index (κ1) is 14.6. The fourth-order valence-electron chi connectivity index (χ4n) is 1.69. The van der Waals surface area contributed by atoms with E-state index in [1.54, 1.807) is 25.3 Å². The largest absolute Gasteiger partial charge is 0.495 e. The van der Waals surface area contributed by atoms with Crippen molar-refractivity contribution in [2.24, 2.45) is 5.16 Å². The van der Waals surface area contributed by atoms with E-state index in [-0.39, 0.29) is 0 Å². The Labute approximate surface area is 125 Å². The molecule has 1 aromatic heterocycles. The van der Waals surface area contributed by atoms with Crippen molar-refractivity contribution in [2.45, 2.75) is 13.3 Å². The maximum atomic E-state index is 8.46. The van der Waals surface area contributed by atoms with Gasteiger partial charge in [0.1, 0.15) is 5.75 Å². The normalized spacial score (nSPS) is 10.9. The van der Waals surface area contributed by atoms with Gasteiger partial charge in [-0.25, -0.2) is 4.98 Å². The van der Waals surface area contributed by atoms with Crippen LogP contribution >= 0.6 is 22.9 Å². The number of aryl methyl sites for hydroxylation is 1. The highest BCUT2D eigenvalue weighted by molar-refractivity contribution is 7.15. The monoisotopic (exact) mass is 311 g/mol. The van der Waals surface area contributed by atoms with Crippen molar-refractivity contribution in [1.29, 1.82) is 0 Å². The number of oxime groups is 1. The number of halogens is 1. The van der Waals surface area contributed by atoms with E-state index in [1.807, 2.05) is 6.92 Å². The lowest BCUT2D eigenvalue weighted by Crippen LogP contribution is -1.95. The van der Waals surface area contributed by atoms with Crippen molar-refractivity contribution in [1.82, 2.24) is 4.98 Å². The van der Waals surface area contributed by atoms with Crippen LogP contribution in [0.2, 0.25) is 5.02 Å². The first-order valence-corrected chi connectivity index (χ1v) is 7.06. The van der Waals surface area contributed by atoms with Crippen LogP contribution in [0.25, 0.3) is 0 Å². The molecular formula is C13H14ClN3O2S. The Balaban J connectivity index is 2.24. The molecule has 2 N–H and O–H groups in total. The van der Waals surface area contributed by atoms with Gasteiger partial charge in [0, 0.05) is 22.5 Å². The van der Waals surface area contributed by atoms with Gasteiger partial charge in [0.2, 0.25) is 0 Å². The standard InChI is InChI=1S/C13H14ClN3O2S/c1-8-10(5-6-15-18)16-13(20-8)17-11-7-9(14)3-4-12(11)19-2/h3-4,6-7,18H,5H2,1-2H3,(H,16,17). The zero-order valence-electron chi connectivity index (χ0n) is 11.1. The molecule has 2 rings (SSSR count). The molecule has 0 aliphatic heterocycles. The molecule has 1 heterocycles. The zero-order valence-corrected chi connectivity index (χ0v) is 12.6. The van der Waals surface area contributed by atoms with Crippen LogP contribution in [0.4, 0.5) is 10.8 Å². The van der Waals surface area contributed by atoms with Gasteiger partial charge in [0.05, 0.1) is 18.5 Å². The lowest BCUT2D eigenvalue weighted by Gasteiger charge is -2.09. The average Bonchev–Trinajstić information content (AvgIpc) is 2.77. The average molecular weight is 312 g/mol. The highest BCUT2D eigenvalue weighted by Crippen LogP contribution is 2.32. The van der Waals surface area contributed by atoms with Crippen molar-refractivity contribution < 1.29 is 9.94 Å². The molecule has 7 heteroatoms. The van der Waals surface area contributed by atoms with Gasteiger partial charge in [-0.05, 0) is 25.1 Å². The molecule has 5 nitrogen and oxygen atoms in total. The molecule has 0 unspecified atom stereocenters. The van der Waals surface area contributed by atoms with E-state index in [4.69, 9.17) is 21.5 Å². The summed E-state index contributed by atoms with van der Waals surface area (Å²) >= 11 is 7.51. The molecule has 0 atom stereocenters. The number of hydrogen-bond donors (Lipinski definition) is 2. The SMILES string of the molecule is COc1ccc(Cl)cc1Nc1nc(CC=NO)c(C)s1. The van der Waals surface area contributed by atoms with Crippen molar-refractivity contribution in [3.8, 4) is 5.75 Å². The van der Waals surface area contributed by atoms with Gasteiger partial charge in [-0.15, -0.1) is 16.5 Å². The van der Waals surface area contributed by atoms with Gasteiger partial charge in [-0.2, -0.15) is 0 Å². The van der Waals surface area contributed by atoms with Crippen LogP contribution in [0, 0.1) is 6.92 Å². The Morgan fingerprint density at radius 1 is 1.55 bits per heavy atom. The zero-order chi connectivity index (χ0) is 14.5. The fraction of sp³-hybridized carbons (Fsp3) is 0.231. The van der Waals surface area contributed by atoms with Crippen LogP contribution < -0.4 is 10.1 Å². The molecule has 0 aliphatic rings. The number of hydrogen-bond acceptors (Lipinski definition) is 6. The van der Waals surface area contributed by atoms with Crippen molar-refractivity contribution in [3.05, 3.63) is 33.8 Å². The topological polar surface area (TPSA) is 66.7 Å². The molecule has 0 radical (unpaired) electrons. The first-order chi connectivity index (χ1) is 9.63. The van der Waals surface area contributed by atoms with Gasteiger partial charge in [0.15, 0.2) is 5.13 Å². The number of nitrogens with zero attached hydrogens (tertiary/aromatic N) is 2. The maximum absolute atomic E-state index is 8.46. The summed E-state index contributed by atoms with van der Waals surface area (Å²) in [5.41, 5.74) is 1.63. The molecule has 106 valence electrons. The van der Waals surface area contributed by atoms with Crippen molar-refractivity contribution in [2.75, 3.05) is 12.4 Å².